The summed E-state index contributed by atoms with van der Waals surface area (Å²) in [7, 11) is 0. The average molecular weight is 297 g/mol. The van der Waals surface area contributed by atoms with E-state index < -0.39 is 0 Å². The first-order valence-electron chi connectivity index (χ1n) is 4.62. The van der Waals surface area contributed by atoms with Crippen molar-refractivity contribution < 1.29 is 0 Å². The number of hydrogen-bond donors (Lipinski definition) is 0. The van der Waals surface area contributed by atoms with E-state index >= 15 is 0 Å². The lowest BCUT2D eigenvalue weighted by Crippen LogP contribution is -1.90. The van der Waals surface area contributed by atoms with Gasteiger partial charge < -0.3 is 0 Å². The summed E-state index contributed by atoms with van der Waals surface area (Å²) in [6, 6.07) is 6.57. The molecule has 72 valence electrons. The highest BCUT2D eigenvalue weighted by atomic mass is 127. The van der Waals surface area contributed by atoms with E-state index in [0.717, 1.165) is 9.22 Å². The molecule has 2 heteroatoms. The molecule has 0 amide bonds. The van der Waals surface area contributed by atoms with Crippen molar-refractivity contribution in [2.75, 3.05) is 0 Å². The SMILES string of the molecule is Cc1cc2cc(C)c(I)nc2cc1C. The summed E-state index contributed by atoms with van der Waals surface area (Å²) in [4.78, 5) is 4.56. The van der Waals surface area contributed by atoms with Crippen LogP contribution >= 0.6 is 22.6 Å². The Kier molecular flexibility index (Phi) is 2.47. The van der Waals surface area contributed by atoms with Gasteiger partial charge in [0.1, 0.15) is 3.70 Å². The highest BCUT2D eigenvalue weighted by molar-refractivity contribution is 14.1. The van der Waals surface area contributed by atoms with Gasteiger partial charge in [-0.05, 0) is 78.3 Å². The van der Waals surface area contributed by atoms with Gasteiger partial charge in [0.25, 0.3) is 0 Å². The quantitative estimate of drug-likeness (QED) is 0.533. The molecule has 0 aliphatic rings. The van der Waals surface area contributed by atoms with Gasteiger partial charge in [-0.25, -0.2) is 4.98 Å². The van der Waals surface area contributed by atoms with Gasteiger partial charge in [-0.3, -0.25) is 0 Å². The second-order valence-electron chi connectivity index (χ2n) is 3.73. The van der Waals surface area contributed by atoms with Gasteiger partial charge in [-0.2, -0.15) is 0 Å². The van der Waals surface area contributed by atoms with Crippen molar-refractivity contribution in [3.05, 3.63) is 38.6 Å². The molecule has 0 radical (unpaired) electrons. The Morgan fingerprint density at radius 1 is 0.929 bits per heavy atom. The van der Waals surface area contributed by atoms with E-state index in [-0.39, 0.29) is 0 Å². The van der Waals surface area contributed by atoms with E-state index in [4.69, 9.17) is 0 Å². The fourth-order valence-corrected chi connectivity index (χ4v) is 1.94. The van der Waals surface area contributed by atoms with E-state index in [9.17, 15) is 0 Å². The highest BCUT2D eigenvalue weighted by Gasteiger charge is 2.02. The van der Waals surface area contributed by atoms with Gasteiger partial charge >= 0.3 is 0 Å². The van der Waals surface area contributed by atoms with Crippen LogP contribution in [0.2, 0.25) is 0 Å². The monoisotopic (exact) mass is 297 g/mol. The summed E-state index contributed by atoms with van der Waals surface area (Å²) >= 11 is 2.28. The standard InChI is InChI=1S/C12H12IN/c1-7-4-10-5-9(3)12(13)14-11(10)6-8(7)2/h4-6H,1-3H3. The van der Waals surface area contributed by atoms with Gasteiger partial charge in [0.2, 0.25) is 0 Å². The number of fused-ring (bicyclic) bond motifs is 1. The first-order valence-corrected chi connectivity index (χ1v) is 5.70. The van der Waals surface area contributed by atoms with Crippen molar-refractivity contribution in [2.45, 2.75) is 20.8 Å². The van der Waals surface area contributed by atoms with E-state index in [1.165, 1.54) is 22.1 Å². The molecule has 0 atom stereocenters. The molecule has 2 rings (SSSR count). The van der Waals surface area contributed by atoms with Crippen LogP contribution in [-0.4, -0.2) is 4.98 Å². The zero-order valence-corrected chi connectivity index (χ0v) is 10.7. The maximum Gasteiger partial charge on any atom is 0.105 e. The Bertz CT molecular complexity index is 414. The van der Waals surface area contributed by atoms with E-state index in [0.29, 0.717) is 0 Å². The minimum atomic E-state index is 1.10. The molecular weight excluding hydrogens is 285 g/mol. The molecule has 0 aliphatic carbocycles. The summed E-state index contributed by atoms with van der Waals surface area (Å²) in [5.74, 6) is 0. The molecule has 1 heterocycles. The van der Waals surface area contributed by atoms with Crippen LogP contribution in [0.25, 0.3) is 10.9 Å². The Morgan fingerprint density at radius 2 is 1.50 bits per heavy atom. The molecule has 0 spiro atoms. The van der Waals surface area contributed by atoms with Gasteiger partial charge in [-0.15, -0.1) is 0 Å². The smallest absolute Gasteiger partial charge is 0.105 e. The van der Waals surface area contributed by atoms with Crippen LogP contribution in [-0.2, 0) is 0 Å². The molecule has 0 saturated heterocycles. The highest BCUT2D eigenvalue weighted by Crippen LogP contribution is 2.21. The van der Waals surface area contributed by atoms with Gasteiger partial charge in [-0.1, -0.05) is 0 Å². The van der Waals surface area contributed by atoms with Crippen molar-refractivity contribution in [1.82, 2.24) is 4.98 Å². The van der Waals surface area contributed by atoms with Crippen LogP contribution in [0.3, 0.4) is 0 Å². The molecule has 0 unspecified atom stereocenters. The zero-order chi connectivity index (χ0) is 10.3. The first-order chi connectivity index (χ1) is 6.58. The van der Waals surface area contributed by atoms with Crippen LogP contribution in [0.1, 0.15) is 16.7 Å². The molecule has 0 fully saturated rings. The molecule has 0 saturated carbocycles. The van der Waals surface area contributed by atoms with Gasteiger partial charge in [0, 0.05) is 5.39 Å². The summed E-state index contributed by atoms with van der Waals surface area (Å²) < 4.78 is 1.10. The Labute approximate surface area is 97.7 Å². The zero-order valence-electron chi connectivity index (χ0n) is 8.56. The number of halogens is 1. The fourth-order valence-electron chi connectivity index (χ4n) is 1.52. The number of rotatable bonds is 0. The number of nitrogens with zero attached hydrogens (tertiary/aromatic N) is 1. The Hall–Kier alpha value is -0.640. The van der Waals surface area contributed by atoms with Crippen LogP contribution in [0, 0.1) is 24.5 Å². The number of pyridine rings is 1. The number of hydrogen-bond acceptors (Lipinski definition) is 1. The Morgan fingerprint density at radius 3 is 2.21 bits per heavy atom. The van der Waals surface area contributed by atoms with E-state index in [2.05, 4.69) is 66.5 Å². The van der Waals surface area contributed by atoms with Gasteiger partial charge in [0.15, 0.2) is 0 Å². The Balaban J connectivity index is 2.83. The lowest BCUT2D eigenvalue weighted by Gasteiger charge is -2.05. The predicted molar refractivity (Wildman–Crippen MR) is 68.7 cm³/mol. The second kappa shape index (κ2) is 3.50. The lowest BCUT2D eigenvalue weighted by atomic mass is 10.1. The molecule has 1 aromatic heterocycles. The molecule has 14 heavy (non-hydrogen) atoms. The predicted octanol–water partition coefficient (Wildman–Crippen LogP) is 3.76. The van der Waals surface area contributed by atoms with Crippen LogP contribution in [0.5, 0.6) is 0 Å². The molecular formula is C12H12IN. The number of benzene rings is 1. The number of aromatic nitrogens is 1. The summed E-state index contributed by atoms with van der Waals surface area (Å²) in [6.07, 6.45) is 0. The molecule has 0 bridgehead atoms. The van der Waals surface area contributed by atoms with Crippen LogP contribution in [0.15, 0.2) is 18.2 Å². The third kappa shape index (κ3) is 1.63. The average Bonchev–Trinajstić information content (AvgIpc) is 2.11. The second-order valence-corrected chi connectivity index (χ2v) is 4.75. The minimum absolute atomic E-state index is 1.10. The van der Waals surface area contributed by atoms with Crippen molar-refractivity contribution >= 4 is 33.5 Å². The number of aryl methyl sites for hydroxylation is 3. The normalized spacial score (nSPS) is 10.9. The fraction of sp³-hybridized carbons (Fsp3) is 0.250. The lowest BCUT2D eigenvalue weighted by molar-refractivity contribution is 1.25. The summed E-state index contributed by atoms with van der Waals surface area (Å²) in [5, 5.41) is 1.24. The summed E-state index contributed by atoms with van der Waals surface area (Å²) in [6.45, 7) is 6.37. The molecule has 1 aromatic carbocycles. The third-order valence-corrected chi connectivity index (χ3v) is 3.65. The van der Waals surface area contributed by atoms with Crippen molar-refractivity contribution in [1.29, 1.82) is 0 Å². The topological polar surface area (TPSA) is 12.9 Å². The molecule has 2 aromatic rings. The maximum atomic E-state index is 4.56. The largest absolute Gasteiger partial charge is 0.242 e. The van der Waals surface area contributed by atoms with E-state index in [1.54, 1.807) is 0 Å². The first kappa shape index (κ1) is 9.90. The third-order valence-electron chi connectivity index (χ3n) is 2.56. The van der Waals surface area contributed by atoms with Crippen molar-refractivity contribution in [2.24, 2.45) is 0 Å². The van der Waals surface area contributed by atoms with E-state index in [1.807, 2.05) is 0 Å². The van der Waals surface area contributed by atoms with Crippen molar-refractivity contribution in [3.63, 3.8) is 0 Å². The molecule has 1 nitrogen and oxygen atoms in total. The molecule has 0 N–H and O–H groups in total. The summed E-state index contributed by atoms with van der Waals surface area (Å²) in [5.41, 5.74) is 4.99. The van der Waals surface area contributed by atoms with Gasteiger partial charge in [0.05, 0.1) is 5.52 Å². The van der Waals surface area contributed by atoms with Crippen LogP contribution in [0.4, 0.5) is 0 Å². The van der Waals surface area contributed by atoms with Crippen molar-refractivity contribution in [3.8, 4) is 0 Å². The minimum Gasteiger partial charge on any atom is -0.242 e. The molecule has 0 aliphatic heterocycles. The van der Waals surface area contributed by atoms with Crippen LogP contribution < -0.4 is 0 Å². The maximum absolute atomic E-state index is 4.56.